The average molecular weight is 341 g/mol. The Balaban J connectivity index is 1.92. The molecule has 25 heavy (non-hydrogen) atoms. The summed E-state index contributed by atoms with van der Waals surface area (Å²) in [5, 5.41) is 6.73. The van der Waals surface area contributed by atoms with Gasteiger partial charge >= 0.3 is 0 Å². The number of nitrogens with one attached hydrogen (secondary N) is 2. The molecule has 2 aromatic carbocycles. The highest BCUT2D eigenvalue weighted by molar-refractivity contribution is 6.06. The molecule has 2 N–H and O–H groups in total. The molecule has 0 heterocycles. The monoisotopic (exact) mass is 341 g/mol. The highest BCUT2D eigenvalue weighted by Gasteiger charge is 2.09. The molecule has 0 spiro atoms. The fraction of sp³-hybridized carbons (Fsp3) is 0.211. The van der Waals surface area contributed by atoms with E-state index in [4.69, 9.17) is 0 Å². The van der Waals surface area contributed by atoms with Crippen molar-refractivity contribution in [2.75, 3.05) is 5.32 Å². The number of hydrogen-bond donors (Lipinski definition) is 2. The summed E-state index contributed by atoms with van der Waals surface area (Å²) in [4.78, 5) is 24.0. The molecule has 0 saturated carbocycles. The second kappa shape index (κ2) is 8.73. The smallest absolute Gasteiger partial charge is 0.271 e. The first-order valence-electron chi connectivity index (χ1n) is 7.96. The third kappa shape index (κ3) is 5.53. The summed E-state index contributed by atoms with van der Waals surface area (Å²) in [6, 6.07) is 12.9. The van der Waals surface area contributed by atoms with E-state index in [1.54, 1.807) is 6.92 Å². The molecule has 0 saturated heterocycles. The zero-order valence-corrected chi connectivity index (χ0v) is 14.2. The summed E-state index contributed by atoms with van der Waals surface area (Å²) in [5.74, 6) is -1.25. The third-order valence-corrected chi connectivity index (χ3v) is 3.52. The van der Waals surface area contributed by atoms with Crippen molar-refractivity contribution in [1.29, 1.82) is 0 Å². The number of anilines is 1. The van der Waals surface area contributed by atoms with Crippen molar-refractivity contribution >= 4 is 23.2 Å². The van der Waals surface area contributed by atoms with Crippen LogP contribution in [0.4, 0.5) is 10.1 Å². The van der Waals surface area contributed by atoms with Crippen molar-refractivity contribution in [3.8, 4) is 0 Å². The molecule has 0 aliphatic heterocycles. The van der Waals surface area contributed by atoms with Crippen molar-refractivity contribution in [3.63, 3.8) is 0 Å². The van der Waals surface area contributed by atoms with Gasteiger partial charge in [0, 0.05) is 17.0 Å². The Morgan fingerprint density at radius 1 is 1.12 bits per heavy atom. The van der Waals surface area contributed by atoms with E-state index in [2.05, 4.69) is 15.8 Å². The summed E-state index contributed by atoms with van der Waals surface area (Å²) in [7, 11) is 0. The van der Waals surface area contributed by atoms with Crippen LogP contribution < -0.4 is 10.7 Å². The lowest BCUT2D eigenvalue weighted by atomic mass is 10.1. The van der Waals surface area contributed by atoms with Gasteiger partial charge in [-0.1, -0.05) is 31.2 Å². The van der Waals surface area contributed by atoms with Crippen LogP contribution in [0.1, 0.15) is 36.2 Å². The normalized spacial score (nSPS) is 11.1. The molecule has 0 radical (unpaired) electrons. The van der Waals surface area contributed by atoms with Crippen molar-refractivity contribution < 1.29 is 14.0 Å². The van der Waals surface area contributed by atoms with Gasteiger partial charge in [0.05, 0.1) is 6.42 Å². The second-order valence-electron chi connectivity index (χ2n) is 5.53. The predicted molar refractivity (Wildman–Crippen MR) is 96.0 cm³/mol. The van der Waals surface area contributed by atoms with Crippen LogP contribution in [-0.2, 0) is 11.2 Å². The molecule has 2 amide bonds. The van der Waals surface area contributed by atoms with Crippen LogP contribution in [0.3, 0.4) is 0 Å². The number of rotatable bonds is 6. The number of para-hydroxylation sites is 1. The third-order valence-electron chi connectivity index (χ3n) is 3.52. The van der Waals surface area contributed by atoms with Crippen LogP contribution in [0.15, 0.2) is 53.6 Å². The van der Waals surface area contributed by atoms with E-state index >= 15 is 0 Å². The second-order valence-corrected chi connectivity index (χ2v) is 5.53. The molecule has 0 bridgehead atoms. The summed E-state index contributed by atoms with van der Waals surface area (Å²) in [5.41, 5.74) is 4.74. The highest BCUT2D eigenvalue weighted by atomic mass is 19.1. The van der Waals surface area contributed by atoms with E-state index < -0.39 is 11.7 Å². The van der Waals surface area contributed by atoms with Crippen molar-refractivity contribution in [2.24, 2.45) is 5.10 Å². The molecular formula is C19H20FN3O2. The Hall–Kier alpha value is -3.02. The Bertz CT molecular complexity index is 803. The van der Waals surface area contributed by atoms with Crippen molar-refractivity contribution in [2.45, 2.75) is 26.7 Å². The Labute approximate surface area is 145 Å². The van der Waals surface area contributed by atoms with Crippen LogP contribution in [0.2, 0.25) is 0 Å². The molecule has 130 valence electrons. The van der Waals surface area contributed by atoms with Gasteiger partial charge in [0.25, 0.3) is 5.91 Å². The van der Waals surface area contributed by atoms with Crippen molar-refractivity contribution in [1.82, 2.24) is 5.43 Å². The number of hydrogen-bond acceptors (Lipinski definition) is 3. The largest absolute Gasteiger partial charge is 0.326 e. The van der Waals surface area contributed by atoms with Gasteiger partial charge in [0.2, 0.25) is 5.91 Å². The van der Waals surface area contributed by atoms with E-state index in [-0.39, 0.29) is 17.9 Å². The quantitative estimate of drug-likeness (QED) is 0.623. The minimum absolute atomic E-state index is 0.0431. The number of halogens is 1. The summed E-state index contributed by atoms with van der Waals surface area (Å²) >= 11 is 0. The first-order valence-corrected chi connectivity index (χ1v) is 7.96. The van der Waals surface area contributed by atoms with E-state index in [1.807, 2.05) is 31.2 Å². The molecule has 0 fully saturated rings. The minimum Gasteiger partial charge on any atom is -0.326 e. The number of carbonyl (C=O) groups is 2. The van der Waals surface area contributed by atoms with E-state index in [1.165, 1.54) is 18.2 Å². The number of nitrogens with zero attached hydrogens (tertiary/aromatic N) is 1. The number of amides is 2. The maximum atomic E-state index is 13.1. The van der Waals surface area contributed by atoms with Gasteiger partial charge in [-0.05, 0) is 43.2 Å². The first kappa shape index (κ1) is 18.3. The van der Waals surface area contributed by atoms with Gasteiger partial charge in [-0.15, -0.1) is 0 Å². The number of carbonyl (C=O) groups excluding carboxylic acids is 2. The first-order chi connectivity index (χ1) is 12.0. The number of hydrazone groups is 1. The van der Waals surface area contributed by atoms with Crippen LogP contribution in [0, 0.1) is 5.82 Å². The van der Waals surface area contributed by atoms with E-state index in [0.717, 1.165) is 23.7 Å². The minimum atomic E-state index is -0.532. The topological polar surface area (TPSA) is 70.6 Å². The molecule has 0 atom stereocenters. The standard InChI is InChI=1S/C19H20FN3O2/c1-3-14-7-4-5-10-17(14)21-18(24)11-13(2)22-23-19(25)15-8-6-9-16(20)12-15/h4-10,12H,3,11H2,1-2H3,(H,21,24)(H,23,25). The SMILES string of the molecule is CCc1ccccc1NC(=O)CC(C)=NNC(=O)c1cccc(F)c1. The Kier molecular flexibility index (Phi) is 6.39. The molecule has 2 aromatic rings. The molecular weight excluding hydrogens is 321 g/mol. The number of benzene rings is 2. The van der Waals surface area contributed by atoms with Gasteiger partial charge in [-0.3, -0.25) is 9.59 Å². The zero-order valence-electron chi connectivity index (χ0n) is 14.2. The summed E-state index contributed by atoms with van der Waals surface area (Å²) in [6.07, 6.45) is 0.856. The van der Waals surface area contributed by atoms with Crippen LogP contribution in [0.5, 0.6) is 0 Å². The molecule has 2 rings (SSSR count). The number of aryl methyl sites for hydroxylation is 1. The fourth-order valence-corrected chi connectivity index (χ4v) is 2.26. The van der Waals surface area contributed by atoms with Gasteiger partial charge in [-0.25, -0.2) is 9.82 Å². The molecule has 0 unspecified atom stereocenters. The summed E-state index contributed by atoms with van der Waals surface area (Å²) in [6.45, 7) is 3.65. The molecule has 5 nitrogen and oxygen atoms in total. The van der Waals surface area contributed by atoms with E-state index in [9.17, 15) is 14.0 Å². The highest BCUT2D eigenvalue weighted by Crippen LogP contribution is 2.15. The van der Waals surface area contributed by atoms with Gasteiger partial charge in [-0.2, -0.15) is 5.10 Å². The van der Waals surface area contributed by atoms with Gasteiger partial charge in [0.1, 0.15) is 5.82 Å². The van der Waals surface area contributed by atoms with Crippen LogP contribution in [-0.4, -0.2) is 17.5 Å². The average Bonchev–Trinajstić information content (AvgIpc) is 2.60. The fourth-order valence-electron chi connectivity index (χ4n) is 2.26. The molecule has 0 aromatic heterocycles. The Morgan fingerprint density at radius 3 is 2.60 bits per heavy atom. The van der Waals surface area contributed by atoms with Crippen LogP contribution in [0.25, 0.3) is 0 Å². The predicted octanol–water partition coefficient (Wildman–Crippen LogP) is 3.52. The maximum Gasteiger partial charge on any atom is 0.271 e. The molecule has 6 heteroatoms. The summed E-state index contributed by atoms with van der Waals surface area (Å²) < 4.78 is 13.1. The van der Waals surface area contributed by atoms with Gasteiger partial charge in [0.15, 0.2) is 0 Å². The Morgan fingerprint density at radius 2 is 1.88 bits per heavy atom. The zero-order chi connectivity index (χ0) is 18.2. The van der Waals surface area contributed by atoms with Crippen LogP contribution >= 0.6 is 0 Å². The van der Waals surface area contributed by atoms with Crippen molar-refractivity contribution in [3.05, 3.63) is 65.5 Å². The molecule has 0 aliphatic rings. The maximum absolute atomic E-state index is 13.1. The lowest BCUT2D eigenvalue weighted by molar-refractivity contribution is -0.115. The lowest BCUT2D eigenvalue weighted by Gasteiger charge is -2.09. The van der Waals surface area contributed by atoms with E-state index in [0.29, 0.717) is 5.71 Å². The molecule has 0 aliphatic carbocycles. The van der Waals surface area contributed by atoms with Gasteiger partial charge < -0.3 is 5.32 Å². The lowest BCUT2D eigenvalue weighted by Crippen LogP contribution is -2.21.